The number of aliphatic hydroxyl groups is 2. The molecule has 0 aliphatic heterocycles. The van der Waals surface area contributed by atoms with Crippen molar-refractivity contribution in [3.05, 3.63) is 41.1 Å². The molecule has 73 heavy (non-hydrogen) atoms. The van der Waals surface area contributed by atoms with E-state index in [4.69, 9.17) is 49.8 Å². The minimum Gasteiger partial charge on any atom is -0.466 e. The van der Waals surface area contributed by atoms with Crippen LogP contribution in [0.3, 0.4) is 0 Å². The molecule has 418 valence electrons. The van der Waals surface area contributed by atoms with Crippen LogP contribution in [-0.2, 0) is 58.8 Å². The number of methoxy groups -OCH3 is 2. The number of Topliss-reactive ketones (excluding diaryl/α,β-unsaturated/α-hetero) is 1. The fourth-order valence-corrected chi connectivity index (χ4v) is 5.16. The van der Waals surface area contributed by atoms with Gasteiger partial charge in [-0.3, -0.25) is 29.6 Å². The Morgan fingerprint density at radius 1 is 0.671 bits per heavy atom. The molecule has 0 fully saturated rings. The van der Waals surface area contributed by atoms with Crippen LogP contribution in [0.15, 0.2) is 28.9 Å². The minimum absolute atomic E-state index is 0.0451. The van der Waals surface area contributed by atoms with Crippen LogP contribution < -0.4 is 5.73 Å². The van der Waals surface area contributed by atoms with E-state index >= 15 is 0 Å². The molecule has 5 N–H and O–H groups in total. The zero-order valence-electron chi connectivity index (χ0n) is 45.6. The van der Waals surface area contributed by atoms with Crippen molar-refractivity contribution in [1.29, 1.82) is 5.41 Å². The normalized spacial score (nSPS) is 11.1. The van der Waals surface area contributed by atoms with Gasteiger partial charge in [0.15, 0.2) is 15.5 Å². The first kappa shape index (κ1) is 74.5. The number of nitrogens with one attached hydrogen (secondary N) is 1. The van der Waals surface area contributed by atoms with Crippen LogP contribution in [0.25, 0.3) is 5.57 Å². The summed E-state index contributed by atoms with van der Waals surface area (Å²) in [4.78, 5) is 90.7. The van der Waals surface area contributed by atoms with Gasteiger partial charge in [0, 0.05) is 53.3 Å². The zero-order chi connectivity index (χ0) is 57.1. The zero-order valence-corrected chi connectivity index (χ0v) is 48.0. The molecule has 0 saturated heterocycles. The number of rotatable bonds is 23. The van der Waals surface area contributed by atoms with E-state index in [1.165, 1.54) is 47.7 Å². The molecule has 24 nitrogen and oxygen atoms in total. The maximum absolute atomic E-state index is 12.3. The lowest BCUT2D eigenvalue weighted by Gasteiger charge is -2.19. The minimum atomic E-state index is -0.580. The number of ketones is 1. The number of carbonyl (C=O) groups is 6. The number of nitrogens with two attached hydrogens (primary N) is 1. The van der Waals surface area contributed by atoms with Crippen molar-refractivity contribution in [2.24, 2.45) is 5.73 Å². The number of esters is 5. The molecule has 0 aliphatic rings. The Kier molecular flexibility index (Phi) is 47.7. The van der Waals surface area contributed by atoms with Gasteiger partial charge in [0.1, 0.15) is 41.4 Å². The lowest BCUT2D eigenvalue weighted by atomic mass is 10.1. The van der Waals surface area contributed by atoms with Gasteiger partial charge in [-0.2, -0.15) is 0 Å². The molecule has 2 aromatic heterocycles. The number of thioether (sulfide) groups is 3. The molecule has 0 bridgehead atoms. The molecule has 0 aromatic carbocycles. The average Bonchev–Trinajstić information content (AvgIpc) is 3.34. The van der Waals surface area contributed by atoms with Gasteiger partial charge < -0.3 is 54.0 Å². The van der Waals surface area contributed by atoms with E-state index in [0.717, 1.165) is 0 Å². The summed E-state index contributed by atoms with van der Waals surface area (Å²) in [6.07, 6.45) is 9.64. The number of aliphatic hydroxyl groups excluding tert-OH is 2. The highest BCUT2D eigenvalue weighted by atomic mass is 32.2. The molecule has 0 radical (unpaired) electrons. The number of carbonyl (C=O) groups excluding carboxylic acids is 6. The Bertz CT molecular complexity index is 1910. The first-order chi connectivity index (χ1) is 34.5. The molecule has 2 unspecified atom stereocenters. The van der Waals surface area contributed by atoms with E-state index in [-0.39, 0.29) is 98.3 Å². The second-order valence-electron chi connectivity index (χ2n) is 14.1. The highest BCUT2D eigenvalue weighted by molar-refractivity contribution is 8.13. The number of aromatic nitrogens is 4. The fourth-order valence-electron chi connectivity index (χ4n) is 4.46. The van der Waals surface area contributed by atoms with Crippen molar-refractivity contribution in [1.82, 2.24) is 34.6 Å². The molecule has 2 rings (SSSR count). The van der Waals surface area contributed by atoms with Crippen LogP contribution in [0.2, 0.25) is 0 Å². The van der Waals surface area contributed by atoms with Crippen LogP contribution >= 0.6 is 35.3 Å². The highest BCUT2D eigenvalue weighted by Gasteiger charge is 2.25. The summed E-state index contributed by atoms with van der Waals surface area (Å²) in [6.45, 7) is 11.7. The predicted octanol–water partition coefficient (Wildman–Crippen LogP) is 3.51. The van der Waals surface area contributed by atoms with E-state index in [0.29, 0.717) is 29.0 Å². The third-order valence-corrected chi connectivity index (χ3v) is 9.56. The summed E-state index contributed by atoms with van der Waals surface area (Å²) < 4.78 is 34.1. The van der Waals surface area contributed by atoms with Crippen molar-refractivity contribution in [3.8, 4) is 0 Å². The number of likely N-dealkylation sites (N-methyl/N-ethyl adjacent to an activating group) is 2. The Hall–Kier alpha value is -5.00. The second-order valence-corrected chi connectivity index (χ2v) is 16.5. The van der Waals surface area contributed by atoms with Crippen LogP contribution in [-0.4, -0.2) is 220 Å². The summed E-state index contributed by atoms with van der Waals surface area (Å²) in [5.74, 6) is -2.59. The number of nitrogens with zero attached hydrogens (tertiary/aromatic N) is 7. The Labute approximate surface area is 444 Å². The SMILES string of the molecule is CCOC(=O)/C(=C\N(C)C)c1nc(SC)ncc1C(=O)OCC.CCOC(=O)CC(=O)CC.CCOC(=O)Cc1nc(SC)ncc1C(=O)OCC.COC(CO)N(C)C.COC(CO)N(C)C.CSC(=N)N. The number of hydrogen-bond donors (Lipinski definition) is 4. The third-order valence-electron chi connectivity index (χ3n) is 7.99. The fraction of sp³-hybridized carbons (Fsp3) is 0.630. The molecular weight excluding hydrogens is 1010 g/mol. The second kappa shape index (κ2) is 46.8. The predicted molar refractivity (Wildman–Crippen MR) is 283 cm³/mol. The summed E-state index contributed by atoms with van der Waals surface area (Å²) in [6, 6.07) is 0. The third kappa shape index (κ3) is 36.6. The van der Waals surface area contributed by atoms with Gasteiger partial charge in [-0.05, 0) is 81.6 Å². The summed E-state index contributed by atoms with van der Waals surface area (Å²) in [7, 11) is 14.1. The van der Waals surface area contributed by atoms with Crippen molar-refractivity contribution in [2.75, 3.05) is 122 Å². The monoisotopic (exact) mass is 1100 g/mol. The first-order valence-electron chi connectivity index (χ1n) is 22.5. The number of amidine groups is 1. The Morgan fingerprint density at radius 2 is 1.08 bits per heavy atom. The van der Waals surface area contributed by atoms with E-state index < -0.39 is 29.8 Å². The van der Waals surface area contributed by atoms with E-state index in [9.17, 15) is 28.8 Å². The molecule has 2 atom stereocenters. The molecule has 2 aromatic rings. The van der Waals surface area contributed by atoms with Crippen LogP contribution in [0.1, 0.15) is 86.5 Å². The summed E-state index contributed by atoms with van der Waals surface area (Å²) >= 11 is 3.88. The standard InChI is InChI=1S/C15H21N3O4S.C12H16N2O4S.C7H12O3.2C5H13NO2.C2H6N2S/c1-6-21-13(19)10-8-16-15(23-5)17-12(10)11(9-18(3)4)14(20)22-7-2;1-4-17-10(15)6-9-8(11(16)18-5-2)7-13-12(14-9)19-3;1-3-6(8)5-7(9)10-4-2;2*1-6(2)5(4-7)8-3;1-5-2(3)4/h8-9H,6-7H2,1-5H3;7H,4-6H2,1-3H3;3-5H2,1-2H3;2*5,7H,4H2,1-3H3;1H3,(H3,3,4)/b11-9-;;;;;. The molecule has 27 heteroatoms. The molecule has 0 amide bonds. The lowest BCUT2D eigenvalue weighted by molar-refractivity contribution is -0.146. The number of ether oxygens (including phenoxy) is 7. The van der Waals surface area contributed by atoms with Gasteiger partial charge >= 0.3 is 29.8 Å². The van der Waals surface area contributed by atoms with Crippen LogP contribution in [0, 0.1) is 5.41 Å². The molecule has 0 aliphatic carbocycles. The van der Waals surface area contributed by atoms with Gasteiger partial charge in [0.2, 0.25) is 0 Å². The largest absolute Gasteiger partial charge is 0.466 e. The van der Waals surface area contributed by atoms with Gasteiger partial charge in [0.25, 0.3) is 0 Å². The van der Waals surface area contributed by atoms with Crippen LogP contribution in [0.4, 0.5) is 0 Å². The molecular formula is C46H81N9O15S3. The average molecular weight is 1100 g/mol. The maximum Gasteiger partial charge on any atom is 0.341 e. The Balaban J connectivity index is -0.000000424. The van der Waals surface area contributed by atoms with Crippen molar-refractivity contribution < 1.29 is 72.1 Å². The molecule has 0 spiro atoms. The van der Waals surface area contributed by atoms with Crippen molar-refractivity contribution in [2.45, 2.75) is 83.6 Å². The highest BCUT2D eigenvalue weighted by Crippen LogP contribution is 2.22. The van der Waals surface area contributed by atoms with Crippen LogP contribution in [0.5, 0.6) is 0 Å². The lowest BCUT2D eigenvalue weighted by Crippen LogP contribution is -2.32. The smallest absolute Gasteiger partial charge is 0.341 e. The molecule has 2 heterocycles. The Morgan fingerprint density at radius 3 is 1.42 bits per heavy atom. The van der Waals surface area contributed by atoms with Gasteiger partial charge in [-0.25, -0.2) is 34.3 Å². The number of hydrogen-bond acceptors (Lipinski definition) is 26. The molecule has 0 saturated carbocycles. The quantitative estimate of drug-likeness (QED) is 0.0142. The summed E-state index contributed by atoms with van der Waals surface area (Å²) in [5.41, 5.74) is 5.88. The van der Waals surface area contributed by atoms with Gasteiger partial charge in [-0.15, -0.1) is 0 Å². The van der Waals surface area contributed by atoms with E-state index in [1.807, 2.05) is 40.7 Å². The van der Waals surface area contributed by atoms with Crippen molar-refractivity contribution in [3.63, 3.8) is 0 Å². The topological polar surface area (TPSA) is 319 Å². The van der Waals surface area contributed by atoms with E-state index in [2.05, 4.69) is 24.7 Å². The summed E-state index contributed by atoms with van der Waals surface area (Å²) in [5, 5.41) is 24.7. The maximum atomic E-state index is 12.3. The van der Waals surface area contributed by atoms with Gasteiger partial charge in [0.05, 0.1) is 64.1 Å². The van der Waals surface area contributed by atoms with Gasteiger partial charge in [-0.1, -0.05) is 42.2 Å². The van der Waals surface area contributed by atoms with E-state index in [1.54, 1.807) is 97.0 Å². The van der Waals surface area contributed by atoms with Crippen molar-refractivity contribution >= 4 is 81.7 Å². The first-order valence-corrected chi connectivity index (χ1v) is 26.2.